The van der Waals surface area contributed by atoms with Gasteiger partial charge in [-0.2, -0.15) is 0 Å². The molecule has 1 aliphatic rings. The van der Waals surface area contributed by atoms with Gasteiger partial charge in [0.15, 0.2) is 0 Å². The molecule has 0 radical (unpaired) electrons. The van der Waals surface area contributed by atoms with E-state index in [1.165, 1.54) is 12.8 Å². The molecule has 1 atom stereocenters. The number of carbonyl (C=O) groups is 1. The molecule has 0 aliphatic carbocycles. The number of anilines is 1. The van der Waals surface area contributed by atoms with E-state index in [4.69, 9.17) is 0 Å². The van der Waals surface area contributed by atoms with Crippen LogP contribution in [0.1, 0.15) is 30.1 Å². The van der Waals surface area contributed by atoms with Crippen LogP contribution in [0.4, 0.5) is 5.69 Å². The Morgan fingerprint density at radius 2 is 2.16 bits per heavy atom. The van der Waals surface area contributed by atoms with E-state index in [1.54, 1.807) is 12.1 Å². The van der Waals surface area contributed by atoms with Gasteiger partial charge >= 0.3 is 5.97 Å². The molecule has 0 aromatic heterocycles. The summed E-state index contributed by atoms with van der Waals surface area (Å²) in [4.78, 5) is 13.6. The first-order valence-corrected chi connectivity index (χ1v) is 7.37. The van der Waals surface area contributed by atoms with Crippen LogP contribution in [-0.2, 0) is 0 Å². The molecular formula is C14H19BrN2O2. The second-order valence-corrected chi connectivity index (χ2v) is 5.96. The van der Waals surface area contributed by atoms with Gasteiger partial charge in [-0.1, -0.05) is 15.9 Å². The van der Waals surface area contributed by atoms with Gasteiger partial charge in [-0.15, -0.1) is 0 Å². The van der Waals surface area contributed by atoms with E-state index < -0.39 is 5.97 Å². The van der Waals surface area contributed by atoms with E-state index in [9.17, 15) is 9.90 Å². The van der Waals surface area contributed by atoms with Gasteiger partial charge in [0.2, 0.25) is 0 Å². The molecule has 4 nitrogen and oxygen atoms in total. The predicted molar refractivity (Wildman–Crippen MR) is 79.9 cm³/mol. The molecule has 2 rings (SSSR count). The third kappa shape index (κ3) is 3.94. The first-order chi connectivity index (χ1) is 9.06. The lowest BCUT2D eigenvalue weighted by Crippen LogP contribution is -2.33. The largest absolute Gasteiger partial charge is 0.478 e. The molecule has 104 valence electrons. The molecule has 2 N–H and O–H groups in total. The van der Waals surface area contributed by atoms with Crippen LogP contribution in [-0.4, -0.2) is 41.7 Å². The molecule has 0 saturated carbocycles. The van der Waals surface area contributed by atoms with Crippen LogP contribution in [0.3, 0.4) is 0 Å². The Morgan fingerprint density at radius 1 is 1.47 bits per heavy atom. The maximum Gasteiger partial charge on any atom is 0.337 e. The molecule has 1 aromatic rings. The van der Waals surface area contributed by atoms with Crippen LogP contribution in [0, 0.1) is 0 Å². The predicted octanol–water partition coefficient (Wildman–Crippen LogP) is 3.04. The molecule has 0 bridgehead atoms. The van der Waals surface area contributed by atoms with Crippen LogP contribution in [0.5, 0.6) is 0 Å². The second-order valence-electron chi connectivity index (χ2n) is 5.05. The summed E-state index contributed by atoms with van der Waals surface area (Å²) in [6, 6.07) is 5.42. The number of carboxylic acid groups (broad SMARTS) is 1. The molecule has 19 heavy (non-hydrogen) atoms. The third-order valence-electron chi connectivity index (χ3n) is 3.34. The quantitative estimate of drug-likeness (QED) is 0.873. The van der Waals surface area contributed by atoms with Crippen molar-refractivity contribution in [3.8, 4) is 0 Å². The Morgan fingerprint density at radius 3 is 2.79 bits per heavy atom. The zero-order valence-electron chi connectivity index (χ0n) is 11.0. The fourth-order valence-electron chi connectivity index (χ4n) is 2.49. The van der Waals surface area contributed by atoms with Gasteiger partial charge in [0, 0.05) is 17.1 Å². The second kappa shape index (κ2) is 6.39. The zero-order chi connectivity index (χ0) is 13.8. The molecule has 5 heteroatoms. The highest BCUT2D eigenvalue weighted by molar-refractivity contribution is 9.10. The van der Waals surface area contributed by atoms with Crippen LogP contribution < -0.4 is 5.32 Å². The summed E-state index contributed by atoms with van der Waals surface area (Å²) in [7, 11) is 0. The van der Waals surface area contributed by atoms with E-state index in [2.05, 4.69) is 33.1 Å². The van der Waals surface area contributed by atoms with Gasteiger partial charge in [0.1, 0.15) is 0 Å². The lowest BCUT2D eigenvalue weighted by molar-refractivity contribution is 0.0698. The van der Waals surface area contributed by atoms with E-state index in [1.807, 2.05) is 6.07 Å². The minimum absolute atomic E-state index is 0.227. The number of benzene rings is 1. The van der Waals surface area contributed by atoms with Crippen LogP contribution >= 0.6 is 15.9 Å². The topological polar surface area (TPSA) is 52.6 Å². The van der Waals surface area contributed by atoms with Gasteiger partial charge in [0.05, 0.1) is 11.3 Å². The van der Waals surface area contributed by atoms with E-state index in [0.29, 0.717) is 11.3 Å². The van der Waals surface area contributed by atoms with Crippen molar-refractivity contribution in [2.45, 2.75) is 25.8 Å². The maximum absolute atomic E-state index is 11.2. The van der Waals surface area contributed by atoms with Crippen LogP contribution in [0.2, 0.25) is 0 Å². The minimum Gasteiger partial charge on any atom is -0.478 e. The van der Waals surface area contributed by atoms with Gasteiger partial charge < -0.3 is 15.3 Å². The number of nitrogens with zero attached hydrogens (tertiary/aromatic N) is 1. The highest BCUT2D eigenvalue weighted by atomic mass is 79.9. The first-order valence-electron chi connectivity index (χ1n) is 6.58. The highest BCUT2D eigenvalue weighted by Crippen LogP contribution is 2.22. The van der Waals surface area contributed by atoms with Gasteiger partial charge in [-0.25, -0.2) is 4.79 Å². The van der Waals surface area contributed by atoms with Crippen LogP contribution in [0.25, 0.3) is 0 Å². The number of hydrogen-bond donors (Lipinski definition) is 2. The Balaban J connectivity index is 2.04. The van der Waals surface area contributed by atoms with Gasteiger partial charge in [-0.3, -0.25) is 0 Å². The summed E-state index contributed by atoms with van der Waals surface area (Å²) in [5.74, 6) is -0.900. The standard InChI is InChI=1S/C14H19BrN2O2/c1-10(9-17-6-2-3-7-17)16-13-8-11(15)4-5-12(13)14(18)19/h4-5,8,10,16H,2-3,6-7,9H2,1H3,(H,18,19). The molecule has 1 saturated heterocycles. The van der Waals surface area contributed by atoms with Crippen molar-refractivity contribution >= 4 is 27.6 Å². The lowest BCUT2D eigenvalue weighted by atomic mass is 10.1. The Bertz CT molecular complexity index is 459. The number of rotatable bonds is 5. The Hall–Kier alpha value is -1.07. The van der Waals surface area contributed by atoms with Crippen molar-refractivity contribution in [3.05, 3.63) is 28.2 Å². The molecule has 1 fully saturated rings. The first kappa shape index (κ1) is 14.3. The number of halogens is 1. The van der Waals surface area contributed by atoms with Gasteiger partial charge in [0.25, 0.3) is 0 Å². The lowest BCUT2D eigenvalue weighted by Gasteiger charge is -2.23. The zero-order valence-corrected chi connectivity index (χ0v) is 12.6. The normalized spacial score (nSPS) is 17.4. The van der Waals surface area contributed by atoms with Crippen molar-refractivity contribution in [1.29, 1.82) is 0 Å². The Labute approximate surface area is 121 Å². The molecule has 1 heterocycles. The summed E-state index contributed by atoms with van der Waals surface area (Å²) < 4.78 is 0.883. The summed E-state index contributed by atoms with van der Waals surface area (Å²) in [6.07, 6.45) is 2.54. The van der Waals surface area contributed by atoms with E-state index in [0.717, 1.165) is 24.1 Å². The number of carboxylic acids is 1. The fourth-order valence-corrected chi connectivity index (χ4v) is 2.85. The molecule has 1 aromatic carbocycles. The average Bonchev–Trinajstić information content (AvgIpc) is 2.81. The monoisotopic (exact) mass is 326 g/mol. The third-order valence-corrected chi connectivity index (χ3v) is 3.84. The molecular weight excluding hydrogens is 308 g/mol. The van der Waals surface area contributed by atoms with Crippen molar-refractivity contribution in [2.75, 3.05) is 25.0 Å². The minimum atomic E-state index is -0.900. The number of aromatic carboxylic acids is 1. The van der Waals surface area contributed by atoms with E-state index in [-0.39, 0.29) is 6.04 Å². The Kier molecular flexibility index (Phi) is 4.82. The van der Waals surface area contributed by atoms with E-state index >= 15 is 0 Å². The molecule has 1 unspecified atom stereocenters. The highest BCUT2D eigenvalue weighted by Gasteiger charge is 2.16. The smallest absolute Gasteiger partial charge is 0.337 e. The fraction of sp³-hybridized carbons (Fsp3) is 0.500. The van der Waals surface area contributed by atoms with Crippen molar-refractivity contribution < 1.29 is 9.90 Å². The van der Waals surface area contributed by atoms with Crippen molar-refractivity contribution in [1.82, 2.24) is 4.90 Å². The molecule has 0 amide bonds. The average molecular weight is 327 g/mol. The summed E-state index contributed by atoms with van der Waals surface area (Å²) in [6.45, 7) is 5.34. The summed E-state index contributed by atoms with van der Waals surface area (Å²) in [5.41, 5.74) is 0.991. The van der Waals surface area contributed by atoms with Crippen molar-refractivity contribution in [2.24, 2.45) is 0 Å². The number of likely N-dealkylation sites (tertiary alicyclic amines) is 1. The molecule has 0 spiro atoms. The maximum atomic E-state index is 11.2. The number of nitrogens with one attached hydrogen (secondary N) is 1. The SMILES string of the molecule is CC(CN1CCCC1)Nc1cc(Br)ccc1C(=O)O. The van der Waals surface area contributed by atoms with Crippen molar-refractivity contribution in [3.63, 3.8) is 0 Å². The van der Waals surface area contributed by atoms with Crippen LogP contribution in [0.15, 0.2) is 22.7 Å². The summed E-state index contributed by atoms with van der Waals surface area (Å²) in [5, 5.41) is 12.5. The summed E-state index contributed by atoms with van der Waals surface area (Å²) >= 11 is 3.38. The molecule has 1 aliphatic heterocycles. The van der Waals surface area contributed by atoms with Gasteiger partial charge in [-0.05, 0) is 51.1 Å². The number of hydrogen-bond acceptors (Lipinski definition) is 3.